The van der Waals surface area contributed by atoms with E-state index in [2.05, 4.69) is 32.6 Å². The lowest BCUT2D eigenvalue weighted by Crippen LogP contribution is -2.40. The number of carbonyl (C=O) groups excluding carboxylic acids is 1. The van der Waals surface area contributed by atoms with Gasteiger partial charge in [-0.1, -0.05) is 11.3 Å². The topological polar surface area (TPSA) is 91.7 Å². The Hall–Kier alpha value is -1.81. The number of aromatic amines is 1. The van der Waals surface area contributed by atoms with E-state index in [0.717, 1.165) is 25.2 Å². The molecule has 118 valence electrons. The number of amides is 2. The second kappa shape index (κ2) is 6.53. The molecule has 0 bridgehead atoms. The molecule has 8 nitrogen and oxygen atoms in total. The van der Waals surface area contributed by atoms with Gasteiger partial charge in [0.2, 0.25) is 5.13 Å². The van der Waals surface area contributed by atoms with Crippen LogP contribution >= 0.6 is 23.6 Å². The molecule has 0 aliphatic carbocycles. The molecule has 3 rings (SSSR count). The molecule has 1 fully saturated rings. The number of likely N-dealkylation sites (tertiary alicyclic amines) is 1. The zero-order valence-corrected chi connectivity index (χ0v) is 13.8. The van der Waals surface area contributed by atoms with Gasteiger partial charge in [-0.2, -0.15) is 5.10 Å². The highest BCUT2D eigenvalue weighted by Gasteiger charge is 2.27. The largest absolute Gasteiger partial charge is 0.324 e. The van der Waals surface area contributed by atoms with Gasteiger partial charge in [0.25, 0.3) is 0 Å². The number of hydrogen-bond donors (Lipinski definition) is 2. The Morgan fingerprint density at radius 3 is 2.95 bits per heavy atom. The quantitative estimate of drug-likeness (QED) is 0.837. The van der Waals surface area contributed by atoms with Crippen LogP contribution in [0.4, 0.5) is 9.93 Å². The number of hydrogen-bond acceptors (Lipinski definition) is 6. The molecule has 1 aliphatic heterocycles. The predicted octanol–water partition coefficient (Wildman–Crippen LogP) is 2.22. The Balaban J connectivity index is 1.60. The van der Waals surface area contributed by atoms with Crippen LogP contribution in [-0.2, 0) is 6.54 Å². The average Bonchev–Trinajstić information content (AvgIpc) is 3.16. The summed E-state index contributed by atoms with van der Waals surface area (Å²) in [6.07, 6.45) is 1.76. The number of H-pyrrole nitrogens is 1. The predicted molar refractivity (Wildman–Crippen MR) is 85.6 cm³/mol. The van der Waals surface area contributed by atoms with E-state index < -0.39 is 0 Å². The number of nitrogens with zero attached hydrogens (tertiary/aromatic N) is 5. The van der Waals surface area contributed by atoms with Crippen molar-refractivity contribution in [1.29, 1.82) is 0 Å². The molecule has 0 saturated carbocycles. The molecule has 2 aromatic rings. The van der Waals surface area contributed by atoms with Gasteiger partial charge in [0, 0.05) is 25.6 Å². The van der Waals surface area contributed by atoms with Gasteiger partial charge in [-0.05, 0) is 32.0 Å². The fraction of sp³-hybridized carbons (Fsp3) is 0.583. The van der Waals surface area contributed by atoms with Crippen molar-refractivity contribution in [2.75, 3.05) is 18.4 Å². The lowest BCUT2D eigenvalue weighted by atomic mass is 9.96. The van der Waals surface area contributed by atoms with E-state index >= 15 is 0 Å². The van der Waals surface area contributed by atoms with E-state index in [1.165, 1.54) is 11.3 Å². The maximum atomic E-state index is 12.1. The van der Waals surface area contributed by atoms with Crippen LogP contribution in [0.5, 0.6) is 0 Å². The molecule has 1 aliphatic rings. The first-order chi connectivity index (χ1) is 10.7. The van der Waals surface area contributed by atoms with Crippen LogP contribution in [-0.4, -0.2) is 49.0 Å². The summed E-state index contributed by atoms with van der Waals surface area (Å²) < 4.78 is 2.69. The van der Waals surface area contributed by atoms with Crippen LogP contribution in [0.2, 0.25) is 0 Å². The van der Waals surface area contributed by atoms with Gasteiger partial charge in [0.1, 0.15) is 11.3 Å². The molecule has 0 radical (unpaired) electrons. The van der Waals surface area contributed by atoms with Crippen molar-refractivity contribution < 1.29 is 4.79 Å². The van der Waals surface area contributed by atoms with E-state index in [1.807, 2.05) is 4.57 Å². The van der Waals surface area contributed by atoms with Gasteiger partial charge in [-0.25, -0.2) is 4.79 Å². The lowest BCUT2D eigenvalue weighted by Gasteiger charge is -2.31. The number of urea groups is 1. The minimum atomic E-state index is -0.121. The highest BCUT2D eigenvalue weighted by molar-refractivity contribution is 7.71. The van der Waals surface area contributed by atoms with Crippen LogP contribution < -0.4 is 5.32 Å². The van der Waals surface area contributed by atoms with Crippen molar-refractivity contribution >= 4 is 34.7 Å². The minimum Gasteiger partial charge on any atom is -0.324 e. The summed E-state index contributed by atoms with van der Waals surface area (Å²) in [6, 6.07) is -0.121. The summed E-state index contributed by atoms with van der Waals surface area (Å²) >= 11 is 6.54. The molecule has 1 saturated heterocycles. The fourth-order valence-electron chi connectivity index (χ4n) is 2.69. The van der Waals surface area contributed by atoms with Crippen molar-refractivity contribution in [3.05, 3.63) is 16.1 Å². The molecule has 22 heavy (non-hydrogen) atoms. The zero-order chi connectivity index (χ0) is 15.5. The molecule has 0 aromatic carbocycles. The minimum absolute atomic E-state index is 0.121. The monoisotopic (exact) mass is 339 g/mol. The molecular weight excluding hydrogens is 322 g/mol. The van der Waals surface area contributed by atoms with Gasteiger partial charge in [-0.3, -0.25) is 10.4 Å². The summed E-state index contributed by atoms with van der Waals surface area (Å²) in [4.78, 5) is 13.9. The van der Waals surface area contributed by atoms with Crippen LogP contribution in [0.25, 0.3) is 0 Å². The van der Waals surface area contributed by atoms with Gasteiger partial charge in [0.05, 0.1) is 0 Å². The molecule has 3 heterocycles. The molecule has 2 amide bonds. The van der Waals surface area contributed by atoms with Crippen molar-refractivity contribution in [3.63, 3.8) is 0 Å². The van der Waals surface area contributed by atoms with E-state index in [9.17, 15) is 4.79 Å². The molecule has 0 unspecified atom stereocenters. The number of rotatable bonds is 3. The SMILES string of the molecule is CCn1c(C2CCN(C(=O)Nc3nncs3)CC2)n[nH]c1=S. The van der Waals surface area contributed by atoms with Gasteiger partial charge < -0.3 is 9.47 Å². The van der Waals surface area contributed by atoms with E-state index in [1.54, 1.807) is 10.4 Å². The summed E-state index contributed by atoms with van der Waals surface area (Å²) in [6.45, 7) is 4.25. The Labute approximate surface area is 136 Å². The Bertz CT molecular complexity index is 685. The first-order valence-corrected chi connectivity index (χ1v) is 8.45. The summed E-state index contributed by atoms with van der Waals surface area (Å²) in [5, 5.41) is 18.0. The van der Waals surface area contributed by atoms with Crippen molar-refractivity contribution in [2.45, 2.75) is 32.2 Å². The molecule has 0 atom stereocenters. The second-order valence-electron chi connectivity index (χ2n) is 5.07. The number of aromatic nitrogens is 5. The Morgan fingerprint density at radius 1 is 1.55 bits per heavy atom. The van der Waals surface area contributed by atoms with Gasteiger partial charge in [0.15, 0.2) is 4.77 Å². The van der Waals surface area contributed by atoms with Gasteiger partial charge in [-0.15, -0.1) is 10.2 Å². The molecule has 2 N–H and O–H groups in total. The van der Waals surface area contributed by atoms with Crippen molar-refractivity contribution in [1.82, 2.24) is 29.9 Å². The van der Waals surface area contributed by atoms with Crippen molar-refractivity contribution in [2.24, 2.45) is 0 Å². The maximum Gasteiger partial charge on any atom is 0.323 e. The third-order valence-electron chi connectivity index (χ3n) is 3.83. The highest BCUT2D eigenvalue weighted by atomic mass is 32.1. The normalized spacial score (nSPS) is 16.0. The standard InChI is InChI=1S/C12H17N7OS2/c1-2-19-9(15-17-12(19)21)8-3-5-18(6-4-8)11(20)14-10-16-13-7-22-10/h7-8H,2-6H2,1H3,(H,17,21)(H,14,16,20). The van der Waals surface area contributed by atoms with Crippen LogP contribution in [0.3, 0.4) is 0 Å². The molecule has 10 heteroatoms. The first kappa shape index (κ1) is 15.1. The number of piperidine rings is 1. The zero-order valence-electron chi connectivity index (χ0n) is 12.2. The highest BCUT2D eigenvalue weighted by Crippen LogP contribution is 2.27. The first-order valence-electron chi connectivity index (χ1n) is 7.16. The fourth-order valence-corrected chi connectivity index (χ4v) is 3.39. The van der Waals surface area contributed by atoms with E-state index in [0.29, 0.717) is 28.9 Å². The Morgan fingerprint density at radius 2 is 2.32 bits per heavy atom. The number of nitrogens with one attached hydrogen (secondary N) is 2. The third-order valence-corrected chi connectivity index (χ3v) is 4.74. The van der Waals surface area contributed by atoms with Crippen LogP contribution in [0.15, 0.2) is 5.51 Å². The average molecular weight is 339 g/mol. The molecule has 2 aromatic heterocycles. The molecular formula is C12H17N7OS2. The Kier molecular flexibility index (Phi) is 4.48. The molecule has 0 spiro atoms. The second-order valence-corrected chi connectivity index (χ2v) is 6.29. The van der Waals surface area contributed by atoms with Crippen molar-refractivity contribution in [3.8, 4) is 0 Å². The third kappa shape index (κ3) is 3.02. The van der Waals surface area contributed by atoms with E-state index in [4.69, 9.17) is 12.2 Å². The van der Waals surface area contributed by atoms with E-state index in [-0.39, 0.29) is 6.03 Å². The number of anilines is 1. The number of carbonyl (C=O) groups is 1. The van der Waals surface area contributed by atoms with Crippen LogP contribution in [0, 0.1) is 4.77 Å². The summed E-state index contributed by atoms with van der Waals surface area (Å²) in [7, 11) is 0. The summed E-state index contributed by atoms with van der Waals surface area (Å²) in [5.41, 5.74) is 1.59. The van der Waals surface area contributed by atoms with Gasteiger partial charge >= 0.3 is 6.03 Å². The maximum absolute atomic E-state index is 12.1. The summed E-state index contributed by atoms with van der Waals surface area (Å²) in [5.74, 6) is 1.33. The lowest BCUT2D eigenvalue weighted by molar-refractivity contribution is 0.193. The smallest absolute Gasteiger partial charge is 0.323 e. The van der Waals surface area contributed by atoms with Crippen LogP contribution in [0.1, 0.15) is 31.5 Å².